The number of carbonyl (C=O) groups excluding carboxylic acids is 1. The van der Waals surface area contributed by atoms with Gasteiger partial charge in [0.05, 0.1) is 28.5 Å². The Kier molecular flexibility index (Phi) is 3.67. The van der Waals surface area contributed by atoms with Crippen molar-refractivity contribution in [3.63, 3.8) is 0 Å². The summed E-state index contributed by atoms with van der Waals surface area (Å²) in [5.74, 6) is 0.283. The fraction of sp³-hybridized carbons (Fsp3) is 0.176. The van der Waals surface area contributed by atoms with Gasteiger partial charge < -0.3 is 5.43 Å². The van der Waals surface area contributed by atoms with E-state index in [2.05, 4.69) is 32.6 Å². The molecule has 3 heterocycles. The summed E-state index contributed by atoms with van der Waals surface area (Å²) in [6, 6.07) is 14.0. The predicted molar refractivity (Wildman–Crippen MR) is 91.5 cm³/mol. The van der Waals surface area contributed by atoms with Crippen LogP contribution < -0.4 is 5.43 Å². The monoisotopic (exact) mass is 322 g/mol. The highest BCUT2D eigenvalue weighted by Crippen LogP contribution is 2.36. The third-order valence-corrected chi connectivity index (χ3v) is 4.96. The maximum Gasteiger partial charge on any atom is 0.256 e. The molecular weight excluding hydrogens is 308 g/mol. The number of hydrogen-bond acceptors (Lipinski definition) is 5. The lowest BCUT2D eigenvalue weighted by Crippen LogP contribution is -2.27. The maximum atomic E-state index is 11.6. The first-order valence-electron chi connectivity index (χ1n) is 7.35. The first-order chi connectivity index (χ1) is 11.3. The Labute approximate surface area is 137 Å². The second-order valence-electron chi connectivity index (χ2n) is 5.36. The van der Waals surface area contributed by atoms with E-state index in [1.54, 1.807) is 12.4 Å². The molecule has 2 atom stereocenters. The molecule has 0 saturated carbocycles. The summed E-state index contributed by atoms with van der Waals surface area (Å²) in [5.41, 5.74) is 6.26. The van der Waals surface area contributed by atoms with Crippen LogP contribution in [-0.2, 0) is 4.79 Å². The van der Waals surface area contributed by atoms with Gasteiger partial charge in [0.2, 0.25) is 0 Å². The first-order valence-corrected chi connectivity index (χ1v) is 8.34. The van der Waals surface area contributed by atoms with Gasteiger partial charge in [-0.1, -0.05) is 42.1 Å². The lowest BCUT2D eigenvalue weighted by molar-refractivity contribution is -0.115. The Morgan fingerprint density at radius 3 is 2.57 bits per heavy atom. The van der Waals surface area contributed by atoms with Gasteiger partial charge in [-0.25, -0.2) is 4.99 Å². The summed E-state index contributed by atoms with van der Waals surface area (Å²) in [6.45, 7) is 0. The quantitative estimate of drug-likeness (QED) is 0.942. The first kappa shape index (κ1) is 14.1. The number of pyridine rings is 1. The van der Waals surface area contributed by atoms with Crippen molar-refractivity contribution in [3.05, 3.63) is 66.0 Å². The van der Waals surface area contributed by atoms with Gasteiger partial charge in [0.1, 0.15) is 0 Å². The molecule has 2 aromatic rings. The molecule has 0 spiro atoms. The molecule has 0 fully saturated rings. The van der Waals surface area contributed by atoms with E-state index in [0.29, 0.717) is 5.75 Å². The van der Waals surface area contributed by atoms with Crippen molar-refractivity contribution in [1.29, 1.82) is 0 Å². The molecule has 1 aromatic heterocycles. The maximum absolute atomic E-state index is 11.6. The zero-order valence-electron chi connectivity index (χ0n) is 12.2. The zero-order chi connectivity index (χ0) is 15.6. The van der Waals surface area contributed by atoms with Gasteiger partial charge in [-0.3, -0.25) is 9.78 Å². The van der Waals surface area contributed by atoms with Crippen molar-refractivity contribution in [1.82, 2.24) is 10.4 Å². The van der Waals surface area contributed by atoms with E-state index < -0.39 is 0 Å². The fourth-order valence-electron chi connectivity index (χ4n) is 2.88. The highest BCUT2D eigenvalue weighted by atomic mass is 32.2. The SMILES string of the molecule is O=C1CSC(C2C(c3ccncc3)=NNC2c2ccccc2)=N1. The lowest BCUT2D eigenvalue weighted by Gasteiger charge is -2.20. The normalized spacial score (nSPS) is 23.4. The number of amides is 1. The van der Waals surface area contributed by atoms with Crippen LogP contribution in [0.1, 0.15) is 17.2 Å². The largest absolute Gasteiger partial charge is 0.301 e. The molecule has 5 nitrogen and oxygen atoms in total. The molecule has 0 bridgehead atoms. The number of hydrazone groups is 1. The third kappa shape index (κ3) is 2.66. The second kappa shape index (κ2) is 5.96. The van der Waals surface area contributed by atoms with Gasteiger partial charge in [0.25, 0.3) is 5.91 Å². The number of rotatable bonds is 3. The minimum atomic E-state index is -0.0715. The fourth-order valence-corrected chi connectivity index (χ4v) is 3.81. The Balaban J connectivity index is 1.76. The molecule has 4 rings (SSSR count). The van der Waals surface area contributed by atoms with Crippen LogP contribution in [0.25, 0.3) is 0 Å². The van der Waals surface area contributed by atoms with Crippen molar-refractivity contribution < 1.29 is 4.79 Å². The Morgan fingerprint density at radius 1 is 1.09 bits per heavy atom. The summed E-state index contributed by atoms with van der Waals surface area (Å²) < 4.78 is 0. The van der Waals surface area contributed by atoms with Crippen molar-refractivity contribution in [2.75, 3.05) is 5.75 Å². The molecule has 114 valence electrons. The van der Waals surface area contributed by atoms with E-state index in [0.717, 1.165) is 21.9 Å². The number of aliphatic imine (C=N–C) groups is 1. The molecule has 2 unspecified atom stereocenters. The summed E-state index contributed by atoms with van der Waals surface area (Å²) in [4.78, 5) is 19.9. The van der Waals surface area contributed by atoms with E-state index in [4.69, 9.17) is 0 Å². The highest BCUT2D eigenvalue weighted by Gasteiger charge is 2.39. The molecule has 0 aliphatic carbocycles. The molecule has 1 N–H and O–H groups in total. The van der Waals surface area contributed by atoms with Crippen molar-refractivity contribution >= 4 is 28.4 Å². The van der Waals surface area contributed by atoms with E-state index in [-0.39, 0.29) is 17.9 Å². The molecule has 23 heavy (non-hydrogen) atoms. The Morgan fingerprint density at radius 2 is 1.87 bits per heavy atom. The molecule has 1 aromatic carbocycles. The summed E-state index contributed by atoms with van der Waals surface area (Å²) >= 11 is 1.51. The second-order valence-corrected chi connectivity index (χ2v) is 6.36. The van der Waals surface area contributed by atoms with Crippen LogP contribution in [0.5, 0.6) is 0 Å². The molecular formula is C17H14N4OS. The molecule has 2 aliphatic rings. The van der Waals surface area contributed by atoms with Crippen LogP contribution in [0.3, 0.4) is 0 Å². The Hall–Kier alpha value is -2.47. The molecule has 6 heteroatoms. The van der Waals surface area contributed by atoms with Gasteiger partial charge in [0, 0.05) is 18.0 Å². The van der Waals surface area contributed by atoms with E-state index in [1.807, 2.05) is 30.3 Å². The predicted octanol–water partition coefficient (Wildman–Crippen LogP) is 2.42. The number of nitrogens with zero attached hydrogens (tertiary/aromatic N) is 3. The summed E-state index contributed by atoms with van der Waals surface area (Å²) in [6.07, 6.45) is 3.50. The number of benzene rings is 1. The highest BCUT2D eigenvalue weighted by molar-refractivity contribution is 8.15. The number of hydrogen-bond donors (Lipinski definition) is 1. The number of thioether (sulfide) groups is 1. The number of carbonyl (C=O) groups is 1. The average Bonchev–Trinajstić information content (AvgIpc) is 3.22. The van der Waals surface area contributed by atoms with Gasteiger partial charge in [-0.15, -0.1) is 0 Å². The summed E-state index contributed by atoms with van der Waals surface area (Å²) in [5, 5.41) is 5.39. The van der Waals surface area contributed by atoms with E-state index in [1.165, 1.54) is 11.8 Å². The van der Waals surface area contributed by atoms with Crippen LogP contribution in [0.15, 0.2) is 65.0 Å². The van der Waals surface area contributed by atoms with Gasteiger partial charge in [0.15, 0.2) is 0 Å². The molecule has 0 radical (unpaired) electrons. The summed E-state index contributed by atoms with van der Waals surface area (Å²) in [7, 11) is 0. The van der Waals surface area contributed by atoms with Crippen molar-refractivity contribution in [2.24, 2.45) is 16.0 Å². The van der Waals surface area contributed by atoms with Crippen LogP contribution >= 0.6 is 11.8 Å². The average molecular weight is 322 g/mol. The minimum Gasteiger partial charge on any atom is -0.301 e. The molecule has 2 aliphatic heterocycles. The smallest absolute Gasteiger partial charge is 0.256 e. The molecule has 1 amide bonds. The molecule has 0 saturated heterocycles. The lowest BCUT2D eigenvalue weighted by atomic mass is 9.88. The van der Waals surface area contributed by atoms with Gasteiger partial charge in [-0.2, -0.15) is 5.10 Å². The minimum absolute atomic E-state index is 0.0171. The third-order valence-electron chi connectivity index (χ3n) is 3.93. The van der Waals surface area contributed by atoms with Gasteiger partial charge in [-0.05, 0) is 17.7 Å². The van der Waals surface area contributed by atoms with E-state index >= 15 is 0 Å². The number of nitrogens with one attached hydrogen (secondary N) is 1. The van der Waals surface area contributed by atoms with Crippen molar-refractivity contribution in [2.45, 2.75) is 6.04 Å². The van der Waals surface area contributed by atoms with Crippen LogP contribution in [-0.4, -0.2) is 27.4 Å². The zero-order valence-corrected chi connectivity index (χ0v) is 13.0. The van der Waals surface area contributed by atoms with Gasteiger partial charge >= 0.3 is 0 Å². The number of aromatic nitrogens is 1. The van der Waals surface area contributed by atoms with E-state index in [9.17, 15) is 4.79 Å². The standard InChI is InChI=1S/C17H14N4OS/c22-13-10-23-17(19-13)14-15(11-4-2-1-3-5-11)20-21-16(14)12-6-8-18-9-7-12/h1-9,14-15,20H,10H2. The van der Waals surface area contributed by atoms with Crippen LogP contribution in [0.4, 0.5) is 0 Å². The Bertz CT molecular complexity index is 789. The topological polar surface area (TPSA) is 66.7 Å². The van der Waals surface area contributed by atoms with Crippen molar-refractivity contribution in [3.8, 4) is 0 Å². The van der Waals surface area contributed by atoms with Crippen LogP contribution in [0.2, 0.25) is 0 Å². The van der Waals surface area contributed by atoms with Crippen LogP contribution in [0, 0.1) is 5.92 Å².